The van der Waals surface area contributed by atoms with Gasteiger partial charge in [0.15, 0.2) is 0 Å². The molecule has 0 bridgehead atoms. The van der Waals surface area contributed by atoms with Gasteiger partial charge in [-0.15, -0.1) is 0 Å². The summed E-state index contributed by atoms with van der Waals surface area (Å²) < 4.78 is 25.2. The summed E-state index contributed by atoms with van der Waals surface area (Å²) in [4.78, 5) is 2.37. The Morgan fingerprint density at radius 2 is 1.95 bits per heavy atom. The molecule has 1 aliphatic carbocycles. The topological polar surface area (TPSA) is 49.4 Å². The van der Waals surface area contributed by atoms with Gasteiger partial charge < -0.3 is 4.90 Å². The Kier molecular flexibility index (Phi) is 2.70. The third kappa shape index (κ3) is 2.15. The second-order valence-electron chi connectivity index (χ2n) is 6.17. The highest BCUT2D eigenvalue weighted by Crippen LogP contribution is 2.63. The Morgan fingerprint density at radius 3 is 2.53 bits per heavy atom. The highest BCUT2D eigenvalue weighted by atomic mass is 32.2. The first-order valence-corrected chi connectivity index (χ1v) is 8.47. The molecule has 1 heterocycles. The molecule has 0 radical (unpaired) electrons. The van der Waals surface area contributed by atoms with Crippen molar-refractivity contribution in [2.75, 3.05) is 31.1 Å². The summed E-state index contributed by atoms with van der Waals surface area (Å²) in [6, 6.07) is 7.84. The van der Waals surface area contributed by atoms with Crippen LogP contribution in [-0.4, -0.2) is 39.7 Å². The fraction of sp³-hybridized carbons (Fsp3) is 0.571. The molecule has 2 atom stereocenters. The van der Waals surface area contributed by atoms with E-state index in [9.17, 15) is 8.42 Å². The minimum absolute atomic E-state index is 0.224. The summed E-state index contributed by atoms with van der Waals surface area (Å²) in [6.07, 6.45) is 1.18. The molecule has 5 heteroatoms. The predicted molar refractivity (Wildman–Crippen MR) is 76.7 cm³/mol. The van der Waals surface area contributed by atoms with E-state index < -0.39 is 10.0 Å². The molecule has 104 valence electrons. The number of hydrogen-bond donors (Lipinski definition) is 1. The van der Waals surface area contributed by atoms with Crippen LogP contribution >= 0.6 is 0 Å². The minimum atomic E-state index is -3.20. The Balaban J connectivity index is 1.86. The van der Waals surface area contributed by atoms with E-state index in [0.29, 0.717) is 17.5 Å². The van der Waals surface area contributed by atoms with Crippen molar-refractivity contribution in [1.82, 2.24) is 4.90 Å². The van der Waals surface area contributed by atoms with E-state index in [-0.39, 0.29) is 5.41 Å². The SMILES string of the molecule is CN1CC2C(C1)C2(C)c1cccc(NS(C)(=O)=O)c1. The number of likely N-dealkylation sites (tertiary alicyclic amines) is 1. The number of rotatable bonds is 3. The maximum absolute atomic E-state index is 11.3. The molecular weight excluding hydrogens is 260 g/mol. The maximum atomic E-state index is 11.3. The van der Waals surface area contributed by atoms with Crippen LogP contribution in [-0.2, 0) is 15.4 Å². The van der Waals surface area contributed by atoms with E-state index in [2.05, 4.69) is 29.7 Å². The molecule has 2 unspecified atom stereocenters. The number of benzene rings is 1. The summed E-state index contributed by atoms with van der Waals surface area (Å²) in [5, 5.41) is 0. The van der Waals surface area contributed by atoms with Gasteiger partial charge in [-0.2, -0.15) is 0 Å². The average Bonchev–Trinajstić information content (AvgIpc) is 2.69. The van der Waals surface area contributed by atoms with Gasteiger partial charge in [-0.3, -0.25) is 4.72 Å². The van der Waals surface area contributed by atoms with Crippen molar-refractivity contribution in [2.45, 2.75) is 12.3 Å². The lowest BCUT2D eigenvalue weighted by molar-refractivity contribution is 0.333. The third-order valence-corrected chi connectivity index (χ3v) is 5.33. The molecule has 1 saturated carbocycles. The van der Waals surface area contributed by atoms with E-state index in [4.69, 9.17) is 0 Å². The van der Waals surface area contributed by atoms with Gasteiger partial charge in [0.05, 0.1) is 6.26 Å². The van der Waals surface area contributed by atoms with Crippen molar-refractivity contribution >= 4 is 15.7 Å². The monoisotopic (exact) mass is 280 g/mol. The maximum Gasteiger partial charge on any atom is 0.229 e. The molecule has 1 aromatic carbocycles. The Morgan fingerprint density at radius 1 is 1.32 bits per heavy atom. The van der Waals surface area contributed by atoms with Crippen molar-refractivity contribution in [3.8, 4) is 0 Å². The van der Waals surface area contributed by atoms with Crippen LogP contribution in [0.4, 0.5) is 5.69 Å². The molecule has 2 aliphatic rings. The molecule has 1 saturated heterocycles. The zero-order chi connectivity index (χ0) is 13.8. The molecule has 4 nitrogen and oxygen atoms in total. The Bertz CT molecular complexity index is 600. The number of hydrogen-bond acceptors (Lipinski definition) is 3. The normalized spacial score (nSPS) is 34.1. The van der Waals surface area contributed by atoms with Crippen LogP contribution < -0.4 is 4.72 Å². The number of nitrogens with one attached hydrogen (secondary N) is 1. The summed E-state index contributed by atoms with van der Waals surface area (Å²) in [5.74, 6) is 1.43. The quantitative estimate of drug-likeness (QED) is 0.913. The van der Waals surface area contributed by atoms with Gasteiger partial charge in [0.2, 0.25) is 10.0 Å². The van der Waals surface area contributed by atoms with Gasteiger partial charge in [0.1, 0.15) is 0 Å². The van der Waals surface area contributed by atoms with Crippen molar-refractivity contribution in [1.29, 1.82) is 0 Å². The third-order valence-electron chi connectivity index (χ3n) is 4.72. The summed E-state index contributed by atoms with van der Waals surface area (Å²) >= 11 is 0. The van der Waals surface area contributed by atoms with Gasteiger partial charge in [-0.1, -0.05) is 19.1 Å². The van der Waals surface area contributed by atoms with Crippen LogP contribution in [0.1, 0.15) is 12.5 Å². The smallest absolute Gasteiger partial charge is 0.229 e. The summed E-state index contributed by atoms with van der Waals surface area (Å²) in [7, 11) is -1.04. The van der Waals surface area contributed by atoms with Crippen molar-refractivity contribution in [3.05, 3.63) is 29.8 Å². The molecule has 0 aromatic heterocycles. The summed E-state index contributed by atoms with van der Waals surface area (Å²) in [6.45, 7) is 4.59. The van der Waals surface area contributed by atoms with Crippen molar-refractivity contribution in [3.63, 3.8) is 0 Å². The molecule has 19 heavy (non-hydrogen) atoms. The van der Waals surface area contributed by atoms with E-state index in [1.54, 1.807) is 6.07 Å². The molecule has 1 aliphatic heterocycles. The Labute approximate surface area is 114 Å². The zero-order valence-electron chi connectivity index (χ0n) is 11.6. The lowest BCUT2D eigenvalue weighted by Gasteiger charge is -2.21. The van der Waals surface area contributed by atoms with Crippen LogP contribution in [0.15, 0.2) is 24.3 Å². The standard InChI is InChI=1S/C14H20N2O2S/c1-14(12-8-16(2)9-13(12)14)10-5-4-6-11(7-10)15-19(3,17)18/h4-7,12-13,15H,8-9H2,1-3H3. The molecule has 1 aromatic rings. The van der Waals surface area contributed by atoms with Crippen LogP contribution in [0.3, 0.4) is 0 Å². The lowest BCUT2D eigenvalue weighted by Crippen LogP contribution is -2.25. The van der Waals surface area contributed by atoms with E-state index >= 15 is 0 Å². The Hall–Kier alpha value is -1.07. The lowest BCUT2D eigenvalue weighted by atomic mass is 9.92. The highest BCUT2D eigenvalue weighted by Gasteiger charge is 2.64. The van der Waals surface area contributed by atoms with Gasteiger partial charge in [0, 0.05) is 24.2 Å². The molecule has 2 fully saturated rings. The summed E-state index contributed by atoms with van der Waals surface area (Å²) in [5.41, 5.74) is 2.14. The molecular formula is C14H20N2O2S. The first-order chi connectivity index (χ1) is 8.80. The van der Waals surface area contributed by atoms with Gasteiger partial charge >= 0.3 is 0 Å². The number of nitrogens with zero attached hydrogens (tertiary/aromatic N) is 1. The van der Waals surface area contributed by atoms with Crippen molar-refractivity contribution < 1.29 is 8.42 Å². The fourth-order valence-electron chi connectivity index (χ4n) is 3.64. The van der Waals surface area contributed by atoms with Crippen LogP contribution in [0, 0.1) is 11.8 Å². The second kappa shape index (κ2) is 3.96. The predicted octanol–water partition coefficient (Wildman–Crippen LogP) is 1.51. The van der Waals surface area contributed by atoms with E-state index in [1.807, 2.05) is 12.1 Å². The van der Waals surface area contributed by atoms with Crippen LogP contribution in [0.5, 0.6) is 0 Å². The largest absolute Gasteiger partial charge is 0.306 e. The molecule has 1 N–H and O–H groups in total. The van der Waals surface area contributed by atoms with E-state index in [1.165, 1.54) is 11.8 Å². The van der Waals surface area contributed by atoms with Gasteiger partial charge in [-0.05, 0) is 36.6 Å². The van der Waals surface area contributed by atoms with Crippen LogP contribution in [0.2, 0.25) is 0 Å². The number of piperidine rings is 1. The van der Waals surface area contributed by atoms with Gasteiger partial charge in [-0.25, -0.2) is 8.42 Å². The van der Waals surface area contributed by atoms with Crippen molar-refractivity contribution in [2.24, 2.45) is 11.8 Å². The first-order valence-electron chi connectivity index (χ1n) is 6.57. The molecule has 0 amide bonds. The fourth-order valence-corrected chi connectivity index (χ4v) is 4.19. The highest BCUT2D eigenvalue weighted by molar-refractivity contribution is 7.92. The zero-order valence-corrected chi connectivity index (χ0v) is 12.4. The minimum Gasteiger partial charge on any atom is -0.306 e. The molecule has 3 rings (SSSR count). The number of fused-ring (bicyclic) bond motifs is 1. The van der Waals surface area contributed by atoms with E-state index in [0.717, 1.165) is 13.1 Å². The van der Waals surface area contributed by atoms with Crippen LogP contribution in [0.25, 0.3) is 0 Å². The van der Waals surface area contributed by atoms with Gasteiger partial charge in [0.25, 0.3) is 0 Å². The number of sulfonamides is 1. The average molecular weight is 280 g/mol. The number of anilines is 1. The first kappa shape index (κ1) is 12.9. The second-order valence-corrected chi connectivity index (χ2v) is 7.92. The molecule has 0 spiro atoms.